The molecule has 2 saturated heterocycles. The zero-order valence-corrected chi connectivity index (χ0v) is 17.9. The molecule has 0 aliphatic carbocycles. The summed E-state index contributed by atoms with van der Waals surface area (Å²) in [6, 6.07) is 7.97. The first-order chi connectivity index (χ1) is 13.2. The largest absolute Gasteiger partial charge is 0.497 e. The van der Waals surface area contributed by atoms with Gasteiger partial charge in [0.15, 0.2) is 0 Å². The van der Waals surface area contributed by atoms with Gasteiger partial charge >= 0.3 is 0 Å². The summed E-state index contributed by atoms with van der Waals surface area (Å²) in [7, 11) is 1.67. The number of thioether (sulfide) groups is 2. The van der Waals surface area contributed by atoms with Gasteiger partial charge in [-0.1, -0.05) is 19.1 Å². The molecule has 2 heterocycles. The van der Waals surface area contributed by atoms with Crippen molar-refractivity contribution in [2.75, 3.05) is 25.2 Å². The molecule has 0 amide bonds. The number of carbonyl (C=O) groups is 1. The lowest BCUT2D eigenvalue weighted by molar-refractivity contribution is -0.120. The first-order valence-electron chi connectivity index (χ1n) is 9.74. The molecule has 2 aliphatic rings. The fourth-order valence-corrected chi connectivity index (χ4v) is 7.54. The van der Waals surface area contributed by atoms with Crippen LogP contribution < -0.4 is 4.74 Å². The quantitative estimate of drug-likeness (QED) is 0.463. The summed E-state index contributed by atoms with van der Waals surface area (Å²) in [5.41, 5.74) is 1.14. The maximum atomic E-state index is 11.1. The van der Waals surface area contributed by atoms with Gasteiger partial charge in [0, 0.05) is 18.9 Å². The Bertz CT molecular complexity index is 586. The van der Waals surface area contributed by atoms with Crippen LogP contribution in [0.2, 0.25) is 0 Å². The molecule has 4 nitrogen and oxygen atoms in total. The molecule has 0 radical (unpaired) electrons. The summed E-state index contributed by atoms with van der Waals surface area (Å²) in [5, 5.41) is 0. The molecule has 3 rings (SSSR count). The van der Waals surface area contributed by atoms with E-state index in [4.69, 9.17) is 14.2 Å². The minimum absolute atomic E-state index is 0.0286. The van der Waals surface area contributed by atoms with E-state index in [0.29, 0.717) is 25.6 Å². The van der Waals surface area contributed by atoms with E-state index in [-0.39, 0.29) is 16.3 Å². The zero-order valence-electron chi connectivity index (χ0n) is 16.2. The van der Waals surface area contributed by atoms with Gasteiger partial charge in [0.1, 0.15) is 12.0 Å². The minimum Gasteiger partial charge on any atom is -0.497 e. The zero-order chi connectivity index (χ0) is 19.1. The molecule has 0 aromatic heterocycles. The highest BCUT2D eigenvalue weighted by Gasteiger charge is 2.48. The van der Waals surface area contributed by atoms with Crippen LogP contribution in [0.3, 0.4) is 0 Å². The van der Waals surface area contributed by atoms with Gasteiger partial charge in [-0.2, -0.15) is 0 Å². The van der Waals surface area contributed by atoms with Crippen LogP contribution in [0.1, 0.15) is 38.2 Å². The highest BCUT2D eigenvalue weighted by Crippen LogP contribution is 2.55. The van der Waals surface area contributed by atoms with E-state index in [1.54, 1.807) is 7.11 Å². The Balaban J connectivity index is 1.51. The highest BCUT2D eigenvalue weighted by molar-refractivity contribution is 8.18. The molecular weight excluding hydrogens is 380 g/mol. The lowest BCUT2D eigenvalue weighted by atomic mass is 9.89. The first kappa shape index (κ1) is 21.0. The Morgan fingerprint density at radius 1 is 1.26 bits per heavy atom. The summed E-state index contributed by atoms with van der Waals surface area (Å²) in [4.78, 5) is 11.1. The van der Waals surface area contributed by atoms with Gasteiger partial charge in [-0.05, 0) is 48.5 Å². The predicted octanol–water partition coefficient (Wildman–Crippen LogP) is 4.55. The molecule has 1 aromatic rings. The van der Waals surface area contributed by atoms with Crippen LogP contribution in [0.4, 0.5) is 0 Å². The summed E-state index contributed by atoms with van der Waals surface area (Å²) in [5.74, 6) is 3.68. The van der Waals surface area contributed by atoms with Crippen molar-refractivity contribution in [3.63, 3.8) is 0 Å². The first-order valence-corrected chi connectivity index (χ1v) is 11.7. The van der Waals surface area contributed by atoms with Crippen molar-refractivity contribution in [1.29, 1.82) is 0 Å². The number of aldehydes is 1. The van der Waals surface area contributed by atoms with Crippen molar-refractivity contribution in [1.82, 2.24) is 0 Å². The Hall–Kier alpha value is -0.690. The average molecular weight is 411 g/mol. The van der Waals surface area contributed by atoms with Crippen molar-refractivity contribution < 1.29 is 19.0 Å². The lowest BCUT2D eigenvalue weighted by Crippen LogP contribution is -2.50. The summed E-state index contributed by atoms with van der Waals surface area (Å²) < 4.78 is 17.6. The van der Waals surface area contributed by atoms with Crippen molar-refractivity contribution in [2.45, 2.75) is 55.5 Å². The Morgan fingerprint density at radius 2 is 2.00 bits per heavy atom. The van der Waals surface area contributed by atoms with E-state index in [0.717, 1.165) is 30.4 Å². The third-order valence-electron chi connectivity index (χ3n) is 5.45. The molecule has 2 fully saturated rings. The summed E-state index contributed by atoms with van der Waals surface area (Å²) in [6.07, 6.45) is 4.90. The normalized spacial score (nSPS) is 27.4. The Morgan fingerprint density at radius 3 is 2.67 bits per heavy atom. The van der Waals surface area contributed by atoms with E-state index in [1.807, 2.05) is 24.3 Å². The molecule has 0 bridgehead atoms. The summed E-state index contributed by atoms with van der Waals surface area (Å²) >= 11 is 4.16. The third-order valence-corrected chi connectivity index (χ3v) is 9.20. The number of rotatable bonds is 8. The van der Waals surface area contributed by atoms with Crippen LogP contribution in [0.25, 0.3) is 0 Å². The predicted molar refractivity (Wildman–Crippen MR) is 113 cm³/mol. The van der Waals surface area contributed by atoms with Crippen LogP contribution in [0.15, 0.2) is 24.3 Å². The molecule has 0 N–H and O–H groups in total. The molecule has 27 heavy (non-hydrogen) atoms. The molecule has 1 spiro atoms. The number of ether oxygens (including phenoxy) is 3. The second kappa shape index (κ2) is 10.2. The van der Waals surface area contributed by atoms with Crippen LogP contribution in [0, 0.1) is 5.92 Å². The van der Waals surface area contributed by atoms with Gasteiger partial charge in [-0.3, -0.25) is 0 Å². The Labute approximate surface area is 171 Å². The second-order valence-corrected chi connectivity index (χ2v) is 10.4. The van der Waals surface area contributed by atoms with Crippen molar-refractivity contribution >= 4 is 29.8 Å². The topological polar surface area (TPSA) is 44.8 Å². The van der Waals surface area contributed by atoms with E-state index in [2.05, 4.69) is 30.4 Å². The van der Waals surface area contributed by atoms with E-state index in [1.165, 1.54) is 17.9 Å². The molecule has 6 heteroatoms. The molecule has 0 unspecified atom stereocenters. The van der Waals surface area contributed by atoms with Crippen molar-refractivity contribution in [3.8, 4) is 5.75 Å². The highest BCUT2D eigenvalue weighted by atomic mass is 32.2. The number of carbonyl (C=O) groups excluding carboxylic acids is 1. The minimum atomic E-state index is 0.0286. The molecule has 150 valence electrons. The second-order valence-electron chi connectivity index (χ2n) is 7.24. The monoisotopic (exact) mass is 410 g/mol. The van der Waals surface area contributed by atoms with E-state index < -0.39 is 0 Å². The lowest BCUT2D eigenvalue weighted by Gasteiger charge is -2.50. The number of hydrogen-bond donors (Lipinski definition) is 0. The molecule has 1 aromatic carbocycles. The van der Waals surface area contributed by atoms with Gasteiger partial charge in [-0.25, -0.2) is 0 Å². The Kier molecular flexibility index (Phi) is 7.94. The van der Waals surface area contributed by atoms with Gasteiger partial charge in [0.25, 0.3) is 0 Å². The van der Waals surface area contributed by atoms with Gasteiger partial charge in [0.05, 0.1) is 30.0 Å². The maximum Gasteiger partial charge on any atom is 0.122 e. The standard InChI is InChI=1S/C21H30O4S2/c1-16-20(8-10-22)25-19(14-21(16)26-12-3-13-27-21)9-11-24-15-17-4-6-18(23-2)7-5-17/h4-7,10,16,19-20H,3,8-9,11-15H2,1-2H3/t16-,19-,20+/m1/s1. The molecule has 2 aliphatic heterocycles. The molecular formula is C21H30O4S2. The average Bonchev–Trinajstić information content (AvgIpc) is 2.70. The maximum absolute atomic E-state index is 11.1. The van der Waals surface area contributed by atoms with Gasteiger partial charge in [-0.15, -0.1) is 23.5 Å². The number of benzene rings is 1. The van der Waals surface area contributed by atoms with Gasteiger partial charge in [0.2, 0.25) is 0 Å². The van der Waals surface area contributed by atoms with E-state index in [9.17, 15) is 4.79 Å². The van der Waals surface area contributed by atoms with Crippen LogP contribution >= 0.6 is 23.5 Å². The van der Waals surface area contributed by atoms with Crippen molar-refractivity contribution in [2.24, 2.45) is 5.92 Å². The summed E-state index contributed by atoms with van der Waals surface area (Å²) in [6.45, 7) is 3.53. The van der Waals surface area contributed by atoms with Crippen LogP contribution in [-0.4, -0.2) is 47.8 Å². The fraction of sp³-hybridized carbons (Fsp3) is 0.667. The van der Waals surface area contributed by atoms with Crippen LogP contribution in [-0.2, 0) is 20.9 Å². The van der Waals surface area contributed by atoms with Gasteiger partial charge < -0.3 is 19.0 Å². The SMILES string of the molecule is COc1ccc(COCC[C@@H]2CC3(SCCCS3)[C@H](C)[C@H](CC=O)O2)cc1. The fourth-order valence-electron chi connectivity index (χ4n) is 3.82. The number of methoxy groups -OCH3 is 1. The molecule has 3 atom stereocenters. The smallest absolute Gasteiger partial charge is 0.122 e. The van der Waals surface area contributed by atoms with Crippen molar-refractivity contribution in [3.05, 3.63) is 29.8 Å². The molecule has 0 saturated carbocycles. The van der Waals surface area contributed by atoms with E-state index >= 15 is 0 Å². The number of hydrogen-bond acceptors (Lipinski definition) is 6. The third kappa shape index (κ3) is 5.43. The van der Waals surface area contributed by atoms with Crippen LogP contribution in [0.5, 0.6) is 5.75 Å².